The molecular formula is C15H10ClF3N2. The van der Waals surface area contributed by atoms with Gasteiger partial charge in [-0.1, -0.05) is 12.1 Å². The van der Waals surface area contributed by atoms with Crippen molar-refractivity contribution < 1.29 is 13.2 Å². The van der Waals surface area contributed by atoms with E-state index in [4.69, 9.17) is 11.6 Å². The van der Waals surface area contributed by atoms with Gasteiger partial charge in [0.05, 0.1) is 17.9 Å². The van der Waals surface area contributed by atoms with Crippen molar-refractivity contribution in [3.8, 4) is 0 Å². The molecule has 0 radical (unpaired) electrons. The molecule has 0 amide bonds. The molecule has 0 atom stereocenters. The molecule has 0 saturated carbocycles. The van der Waals surface area contributed by atoms with E-state index in [1.165, 1.54) is 18.2 Å². The zero-order valence-electron chi connectivity index (χ0n) is 10.8. The average Bonchev–Trinajstić information content (AvgIpc) is 2.81. The number of para-hydroxylation sites is 1. The van der Waals surface area contributed by atoms with E-state index in [9.17, 15) is 13.2 Å². The van der Waals surface area contributed by atoms with Gasteiger partial charge in [0.2, 0.25) is 0 Å². The average molecular weight is 311 g/mol. The molecule has 0 N–H and O–H groups in total. The Labute approximate surface area is 123 Å². The molecule has 1 aromatic heterocycles. The maximum atomic E-state index is 13.8. The highest BCUT2D eigenvalue weighted by molar-refractivity contribution is 6.16. The van der Waals surface area contributed by atoms with Crippen LogP contribution in [0.3, 0.4) is 0 Å². The third-order valence-corrected chi connectivity index (χ3v) is 3.51. The Balaban J connectivity index is 2.13. The number of hydrogen-bond acceptors (Lipinski definition) is 1. The fraction of sp³-hybridized carbons (Fsp3) is 0.133. The largest absolute Gasteiger partial charge is 0.322 e. The molecule has 0 spiro atoms. The van der Waals surface area contributed by atoms with Gasteiger partial charge in [-0.15, -0.1) is 11.6 Å². The molecule has 3 rings (SSSR count). The summed E-state index contributed by atoms with van der Waals surface area (Å²) < 4.78 is 42.1. The number of aromatic nitrogens is 2. The minimum atomic E-state index is -0.659. The molecule has 1 heterocycles. The first-order valence-corrected chi connectivity index (χ1v) is 6.77. The molecule has 0 aliphatic rings. The van der Waals surface area contributed by atoms with Crippen LogP contribution in [0.5, 0.6) is 0 Å². The molecule has 0 bridgehead atoms. The lowest BCUT2D eigenvalue weighted by Gasteiger charge is -2.09. The normalized spacial score (nSPS) is 11.2. The summed E-state index contributed by atoms with van der Waals surface area (Å²) in [5, 5.41) is 0. The van der Waals surface area contributed by atoms with Gasteiger partial charge < -0.3 is 4.57 Å². The Morgan fingerprint density at radius 2 is 1.86 bits per heavy atom. The van der Waals surface area contributed by atoms with Gasteiger partial charge in [-0.25, -0.2) is 18.2 Å². The predicted molar refractivity (Wildman–Crippen MR) is 74.7 cm³/mol. The van der Waals surface area contributed by atoms with Gasteiger partial charge in [-0.2, -0.15) is 0 Å². The first kappa shape index (κ1) is 13.9. The molecule has 0 fully saturated rings. The first-order valence-electron chi connectivity index (χ1n) is 6.23. The molecule has 3 aromatic rings. The minimum Gasteiger partial charge on any atom is -0.322 e. The summed E-state index contributed by atoms with van der Waals surface area (Å²) in [6.07, 6.45) is 0. The summed E-state index contributed by atoms with van der Waals surface area (Å²) in [5.41, 5.74) is 0.997. The zero-order valence-corrected chi connectivity index (χ0v) is 11.5. The summed E-state index contributed by atoms with van der Waals surface area (Å²) in [5.74, 6) is -1.27. The second kappa shape index (κ2) is 5.41. The number of halogens is 4. The summed E-state index contributed by atoms with van der Waals surface area (Å²) in [4.78, 5) is 4.13. The van der Waals surface area contributed by atoms with Crippen molar-refractivity contribution in [1.29, 1.82) is 0 Å². The van der Waals surface area contributed by atoms with Crippen molar-refractivity contribution in [2.75, 3.05) is 0 Å². The van der Waals surface area contributed by atoms with Crippen LogP contribution in [0.15, 0.2) is 36.4 Å². The SMILES string of the molecule is Fc1ccc(Cn2c(CCl)nc3c(F)cccc32)c(F)c1. The van der Waals surface area contributed by atoms with Crippen molar-refractivity contribution in [3.63, 3.8) is 0 Å². The maximum Gasteiger partial charge on any atom is 0.151 e. The van der Waals surface area contributed by atoms with Gasteiger partial charge in [0.25, 0.3) is 0 Å². The Morgan fingerprint density at radius 3 is 2.57 bits per heavy atom. The number of hydrogen-bond donors (Lipinski definition) is 0. The topological polar surface area (TPSA) is 17.8 Å². The Hall–Kier alpha value is -2.01. The zero-order chi connectivity index (χ0) is 15.0. The van der Waals surface area contributed by atoms with Crippen LogP contribution in [0.1, 0.15) is 11.4 Å². The van der Waals surface area contributed by atoms with Gasteiger partial charge in [0.1, 0.15) is 23.0 Å². The number of nitrogens with zero attached hydrogens (tertiary/aromatic N) is 2. The van der Waals surface area contributed by atoms with E-state index in [1.807, 2.05) is 0 Å². The van der Waals surface area contributed by atoms with Crippen molar-refractivity contribution in [1.82, 2.24) is 9.55 Å². The smallest absolute Gasteiger partial charge is 0.151 e. The molecule has 21 heavy (non-hydrogen) atoms. The van der Waals surface area contributed by atoms with Crippen LogP contribution < -0.4 is 0 Å². The standard InChI is InChI=1S/C15H10ClF3N2/c16-7-14-20-15-11(18)2-1-3-13(15)21(14)8-9-4-5-10(17)6-12(9)19/h1-6H,7-8H2. The van der Waals surface area contributed by atoms with Crippen LogP contribution >= 0.6 is 11.6 Å². The Morgan fingerprint density at radius 1 is 1.05 bits per heavy atom. The third-order valence-electron chi connectivity index (χ3n) is 3.27. The van der Waals surface area contributed by atoms with E-state index < -0.39 is 17.5 Å². The van der Waals surface area contributed by atoms with Gasteiger partial charge in [0.15, 0.2) is 5.82 Å². The van der Waals surface area contributed by atoms with Crippen LogP contribution in [-0.2, 0) is 12.4 Å². The van der Waals surface area contributed by atoms with E-state index in [0.29, 0.717) is 11.3 Å². The van der Waals surface area contributed by atoms with Crippen LogP contribution in [0.2, 0.25) is 0 Å². The molecule has 0 aliphatic heterocycles. The molecule has 0 unspecified atom stereocenters. The van der Waals surface area contributed by atoms with E-state index in [0.717, 1.165) is 6.07 Å². The number of fused-ring (bicyclic) bond motifs is 1. The first-order chi connectivity index (χ1) is 10.1. The van der Waals surface area contributed by atoms with E-state index in [2.05, 4.69) is 4.98 Å². The highest BCUT2D eigenvalue weighted by Gasteiger charge is 2.14. The highest BCUT2D eigenvalue weighted by Crippen LogP contribution is 2.22. The van der Waals surface area contributed by atoms with Crippen molar-refractivity contribution in [2.24, 2.45) is 0 Å². The molecule has 6 heteroatoms. The lowest BCUT2D eigenvalue weighted by atomic mass is 10.2. The number of rotatable bonds is 3. The molecular weight excluding hydrogens is 301 g/mol. The second-order valence-corrected chi connectivity index (χ2v) is 4.86. The monoisotopic (exact) mass is 310 g/mol. The number of alkyl halides is 1. The van der Waals surface area contributed by atoms with Crippen LogP contribution in [0.25, 0.3) is 11.0 Å². The summed E-state index contributed by atoms with van der Waals surface area (Å²) in [6.45, 7) is 0.105. The van der Waals surface area contributed by atoms with Gasteiger partial charge in [0, 0.05) is 11.6 Å². The van der Waals surface area contributed by atoms with Gasteiger partial charge in [-0.05, 0) is 18.2 Å². The minimum absolute atomic E-state index is 0.0664. The van der Waals surface area contributed by atoms with Crippen LogP contribution in [0.4, 0.5) is 13.2 Å². The lowest BCUT2D eigenvalue weighted by Crippen LogP contribution is -2.05. The molecule has 0 aliphatic carbocycles. The second-order valence-electron chi connectivity index (χ2n) is 4.59. The molecule has 0 saturated heterocycles. The summed E-state index contributed by atoms with van der Waals surface area (Å²) in [6, 6.07) is 7.88. The Bertz CT molecular complexity index is 814. The van der Waals surface area contributed by atoms with Gasteiger partial charge in [-0.3, -0.25) is 0 Å². The quantitative estimate of drug-likeness (QED) is 0.662. The fourth-order valence-electron chi connectivity index (χ4n) is 2.26. The molecule has 108 valence electrons. The molecule has 2 nitrogen and oxygen atoms in total. The molecule has 2 aromatic carbocycles. The number of benzene rings is 2. The predicted octanol–water partition coefficient (Wildman–Crippen LogP) is 4.24. The van der Waals surface area contributed by atoms with Crippen molar-refractivity contribution >= 4 is 22.6 Å². The summed E-state index contributed by atoms with van der Waals surface area (Å²) >= 11 is 5.83. The van der Waals surface area contributed by atoms with Crippen LogP contribution in [0, 0.1) is 17.5 Å². The lowest BCUT2D eigenvalue weighted by molar-refractivity contribution is 0.566. The fourth-order valence-corrected chi connectivity index (χ4v) is 2.46. The van der Waals surface area contributed by atoms with E-state index in [1.54, 1.807) is 16.7 Å². The third kappa shape index (κ3) is 2.49. The van der Waals surface area contributed by atoms with Crippen molar-refractivity contribution in [2.45, 2.75) is 12.4 Å². The van der Waals surface area contributed by atoms with Crippen molar-refractivity contribution in [3.05, 3.63) is 65.2 Å². The van der Waals surface area contributed by atoms with E-state index in [-0.39, 0.29) is 23.5 Å². The van der Waals surface area contributed by atoms with Gasteiger partial charge >= 0.3 is 0 Å². The van der Waals surface area contributed by atoms with Crippen LogP contribution in [-0.4, -0.2) is 9.55 Å². The summed E-state index contributed by atoms with van der Waals surface area (Å²) in [7, 11) is 0. The maximum absolute atomic E-state index is 13.8. The number of imidazole rings is 1. The highest BCUT2D eigenvalue weighted by atomic mass is 35.5. The van der Waals surface area contributed by atoms with E-state index >= 15 is 0 Å². The Kier molecular flexibility index (Phi) is 3.59.